The number of hydrogen-bond donors (Lipinski definition) is 1. The lowest BCUT2D eigenvalue weighted by atomic mass is 9.81. The van der Waals surface area contributed by atoms with E-state index in [1.165, 1.54) is 12.8 Å². The van der Waals surface area contributed by atoms with Crippen molar-refractivity contribution in [1.82, 2.24) is 10.2 Å². The van der Waals surface area contributed by atoms with Crippen LogP contribution >= 0.6 is 0 Å². The Morgan fingerprint density at radius 2 is 1.47 bits per heavy atom. The number of rotatable bonds is 10. The Kier molecular flexibility index (Phi) is 8.28. The van der Waals surface area contributed by atoms with Crippen LogP contribution in [-0.4, -0.2) is 36.6 Å². The van der Waals surface area contributed by atoms with Gasteiger partial charge in [-0.1, -0.05) is 26.0 Å². The molecule has 19 heavy (non-hydrogen) atoms. The van der Waals surface area contributed by atoms with E-state index >= 15 is 0 Å². The van der Waals surface area contributed by atoms with Crippen molar-refractivity contribution in [3.8, 4) is 0 Å². The van der Waals surface area contributed by atoms with Gasteiger partial charge in [0.15, 0.2) is 0 Å². The quantitative estimate of drug-likeness (QED) is 0.604. The average Bonchev–Trinajstić information content (AvgIpc) is 2.34. The summed E-state index contributed by atoms with van der Waals surface area (Å²) in [5.41, 5.74) is 0.511. The molecule has 0 fully saturated rings. The number of hydrogen-bond acceptors (Lipinski definition) is 2. The molecule has 0 aliphatic carbocycles. The van der Waals surface area contributed by atoms with E-state index in [9.17, 15) is 0 Å². The highest BCUT2D eigenvalue weighted by molar-refractivity contribution is 4.89. The summed E-state index contributed by atoms with van der Waals surface area (Å²) in [7, 11) is 0. The standard InChI is InChI=1S/C17H34N2/c1-8-12-19(13-9-2)15-17(10-3,11-4)14-18-16(5,6)7/h8-9,18H,1-2,10-15H2,3-7H3. The summed E-state index contributed by atoms with van der Waals surface area (Å²) in [5, 5.41) is 3.68. The molecule has 2 heteroatoms. The van der Waals surface area contributed by atoms with E-state index in [4.69, 9.17) is 0 Å². The third-order valence-corrected chi connectivity index (χ3v) is 3.83. The first-order valence-corrected chi connectivity index (χ1v) is 7.51. The predicted molar refractivity (Wildman–Crippen MR) is 87.6 cm³/mol. The van der Waals surface area contributed by atoms with Crippen LogP contribution < -0.4 is 5.32 Å². The summed E-state index contributed by atoms with van der Waals surface area (Å²) in [6.45, 7) is 23.0. The Labute approximate surface area is 121 Å². The van der Waals surface area contributed by atoms with Gasteiger partial charge >= 0.3 is 0 Å². The molecule has 0 aromatic carbocycles. The molecule has 1 N–H and O–H groups in total. The topological polar surface area (TPSA) is 15.3 Å². The van der Waals surface area contributed by atoms with Crippen molar-refractivity contribution in [2.75, 3.05) is 26.2 Å². The van der Waals surface area contributed by atoms with E-state index in [0.29, 0.717) is 5.41 Å². The Morgan fingerprint density at radius 1 is 1.00 bits per heavy atom. The molecule has 0 aromatic heterocycles. The molecular weight excluding hydrogens is 232 g/mol. The van der Waals surface area contributed by atoms with Gasteiger partial charge in [-0.3, -0.25) is 4.90 Å². The van der Waals surface area contributed by atoms with Gasteiger partial charge in [0.1, 0.15) is 0 Å². The third-order valence-electron chi connectivity index (χ3n) is 3.83. The highest BCUT2D eigenvalue weighted by Crippen LogP contribution is 2.27. The van der Waals surface area contributed by atoms with Crippen LogP contribution in [0.2, 0.25) is 0 Å². The van der Waals surface area contributed by atoms with Crippen molar-refractivity contribution in [2.24, 2.45) is 5.41 Å². The van der Waals surface area contributed by atoms with E-state index in [0.717, 1.165) is 26.2 Å². The van der Waals surface area contributed by atoms with Crippen LogP contribution in [-0.2, 0) is 0 Å². The highest BCUT2D eigenvalue weighted by Gasteiger charge is 2.29. The summed E-state index contributed by atoms with van der Waals surface area (Å²) in [6.07, 6.45) is 6.35. The van der Waals surface area contributed by atoms with Gasteiger partial charge in [0, 0.05) is 31.7 Å². The molecule has 112 valence electrons. The van der Waals surface area contributed by atoms with Crippen LogP contribution in [0.3, 0.4) is 0 Å². The molecule has 0 spiro atoms. The Bertz CT molecular complexity index is 249. The summed E-state index contributed by atoms with van der Waals surface area (Å²) in [6, 6.07) is 0. The van der Waals surface area contributed by atoms with Gasteiger partial charge < -0.3 is 5.32 Å². The zero-order chi connectivity index (χ0) is 14.9. The molecule has 0 amide bonds. The SMILES string of the molecule is C=CCN(CC=C)CC(CC)(CC)CNC(C)(C)C. The van der Waals surface area contributed by atoms with Crippen LogP contribution in [0.25, 0.3) is 0 Å². The lowest BCUT2D eigenvalue weighted by molar-refractivity contribution is 0.143. The molecule has 0 aliphatic rings. The van der Waals surface area contributed by atoms with Gasteiger partial charge in [0.25, 0.3) is 0 Å². The lowest BCUT2D eigenvalue weighted by Gasteiger charge is -2.39. The summed E-state index contributed by atoms with van der Waals surface area (Å²) in [5.74, 6) is 0. The lowest BCUT2D eigenvalue weighted by Crippen LogP contribution is -2.48. The van der Waals surface area contributed by atoms with Crippen molar-refractivity contribution in [1.29, 1.82) is 0 Å². The minimum atomic E-state index is 0.178. The fraction of sp³-hybridized carbons (Fsp3) is 0.765. The van der Waals surface area contributed by atoms with Crippen LogP contribution in [0, 0.1) is 5.41 Å². The minimum absolute atomic E-state index is 0.178. The zero-order valence-corrected chi connectivity index (χ0v) is 13.8. The average molecular weight is 266 g/mol. The monoisotopic (exact) mass is 266 g/mol. The van der Waals surface area contributed by atoms with Crippen LogP contribution in [0.15, 0.2) is 25.3 Å². The summed E-state index contributed by atoms with van der Waals surface area (Å²) >= 11 is 0. The van der Waals surface area contributed by atoms with E-state index in [2.05, 4.69) is 58.0 Å². The second kappa shape index (κ2) is 8.55. The van der Waals surface area contributed by atoms with E-state index in [1.54, 1.807) is 0 Å². The molecule has 0 unspecified atom stereocenters. The van der Waals surface area contributed by atoms with Gasteiger partial charge in [-0.15, -0.1) is 13.2 Å². The smallest absolute Gasteiger partial charge is 0.0164 e. The minimum Gasteiger partial charge on any atom is -0.311 e. The van der Waals surface area contributed by atoms with E-state index in [-0.39, 0.29) is 5.54 Å². The maximum atomic E-state index is 3.86. The van der Waals surface area contributed by atoms with Gasteiger partial charge in [-0.05, 0) is 39.0 Å². The third kappa shape index (κ3) is 7.54. The fourth-order valence-electron chi connectivity index (χ4n) is 2.28. The molecule has 0 saturated carbocycles. The second-order valence-corrected chi connectivity index (χ2v) is 6.58. The van der Waals surface area contributed by atoms with Crippen LogP contribution in [0.5, 0.6) is 0 Å². The van der Waals surface area contributed by atoms with E-state index in [1.807, 2.05) is 12.2 Å². The van der Waals surface area contributed by atoms with Crippen molar-refractivity contribution in [3.05, 3.63) is 25.3 Å². The summed E-state index contributed by atoms with van der Waals surface area (Å²) in [4.78, 5) is 2.43. The maximum absolute atomic E-state index is 3.86. The predicted octanol–water partition coefficient (Wildman–Crippen LogP) is 3.85. The normalized spacial score (nSPS) is 12.7. The second-order valence-electron chi connectivity index (χ2n) is 6.58. The van der Waals surface area contributed by atoms with Crippen molar-refractivity contribution < 1.29 is 0 Å². The maximum Gasteiger partial charge on any atom is 0.0164 e. The number of nitrogens with one attached hydrogen (secondary N) is 1. The Morgan fingerprint density at radius 3 is 1.79 bits per heavy atom. The summed E-state index contributed by atoms with van der Waals surface area (Å²) < 4.78 is 0. The van der Waals surface area contributed by atoms with Crippen LogP contribution in [0.4, 0.5) is 0 Å². The Hall–Kier alpha value is -0.600. The van der Waals surface area contributed by atoms with Crippen molar-refractivity contribution in [3.63, 3.8) is 0 Å². The van der Waals surface area contributed by atoms with Gasteiger partial charge in [-0.25, -0.2) is 0 Å². The van der Waals surface area contributed by atoms with Crippen molar-refractivity contribution in [2.45, 2.75) is 53.0 Å². The van der Waals surface area contributed by atoms with E-state index < -0.39 is 0 Å². The molecule has 0 radical (unpaired) electrons. The molecule has 0 aromatic rings. The molecular formula is C17H34N2. The molecule has 0 atom stereocenters. The molecule has 0 bridgehead atoms. The van der Waals surface area contributed by atoms with Gasteiger partial charge in [-0.2, -0.15) is 0 Å². The zero-order valence-electron chi connectivity index (χ0n) is 13.8. The highest BCUT2D eigenvalue weighted by atomic mass is 15.1. The first-order chi connectivity index (χ1) is 8.82. The van der Waals surface area contributed by atoms with Gasteiger partial charge in [0.05, 0.1) is 0 Å². The Balaban J connectivity index is 4.74. The van der Waals surface area contributed by atoms with Crippen LogP contribution in [0.1, 0.15) is 47.5 Å². The first-order valence-electron chi connectivity index (χ1n) is 7.51. The molecule has 0 rings (SSSR count). The number of nitrogens with zero attached hydrogens (tertiary/aromatic N) is 1. The molecule has 2 nitrogen and oxygen atoms in total. The first kappa shape index (κ1) is 18.4. The van der Waals surface area contributed by atoms with Crippen molar-refractivity contribution >= 4 is 0 Å². The fourth-order valence-corrected chi connectivity index (χ4v) is 2.28. The molecule has 0 saturated heterocycles. The molecule has 0 aliphatic heterocycles. The van der Waals surface area contributed by atoms with Gasteiger partial charge in [0.2, 0.25) is 0 Å². The largest absolute Gasteiger partial charge is 0.311 e. The molecule has 0 heterocycles.